The van der Waals surface area contributed by atoms with Crippen molar-refractivity contribution < 1.29 is 0 Å². The zero-order valence-electron chi connectivity index (χ0n) is 14.0. The van der Waals surface area contributed by atoms with Crippen LogP contribution in [0.15, 0.2) is 24.3 Å². The van der Waals surface area contributed by atoms with E-state index in [9.17, 15) is 0 Å². The Bertz CT molecular complexity index is 592. The number of benzene rings is 1. The van der Waals surface area contributed by atoms with Gasteiger partial charge in [-0.3, -0.25) is 0 Å². The van der Waals surface area contributed by atoms with Gasteiger partial charge in [0.15, 0.2) is 0 Å². The molecule has 0 spiro atoms. The maximum atomic E-state index is 4.96. The van der Waals surface area contributed by atoms with Crippen LogP contribution in [0, 0.1) is 0 Å². The Hall–Kier alpha value is -1.35. The molecule has 3 heteroatoms. The van der Waals surface area contributed by atoms with E-state index in [1.165, 1.54) is 56.4 Å². The van der Waals surface area contributed by atoms with Gasteiger partial charge in [0.1, 0.15) is 5.82 Å². The van der Waals surface area contributed by atoms with E-state index in [0.717, 1.165) is 12.1 Å². The number of nitrogens with one attached hydrogen (secondary N) is 1. The summed E-state index contributed by atoms with van der Waals surface area (Å²) in [5, 5.41) is 3.67. The number of fused-ring (bicyclic) bond motifs is 1. The topological polar surface area (TPSA) is 29.9 Å². The van der Waals surface area contributed by atoms with Gasteiger partial charge in [0.2, 0.25) is 0 Å². The molecule has 1 aliphatic heterocycles. The molecule has 1 fully saturated rings. The van der Waals surface area contributed by atoms with E-state index in [0.29, 0.717) is 12.0 Å². The Kier molecular flexibility index (Phi) is 5.14. The molecular formula is C19H29N3. The third-order valence-corrected chi connectivity index (χ3v) is 5.15. The Labute approximate surface area is 134 Å². The molecule has 22 heavy (non-hydrogen) atoms. The van der Waals surface area contributed by atoms with Crippen LogP contribution in [0.2, 0.25) is 0 Å². The fourth-order valence-corrected chi connectivity index (χ4v) is 3.75. The second-order valence-corrected chi connectivity index (χ2v) is 6.56. The Balaban J connectivity index is 1.86. The molecule has 0 aliphatic carbocycles. The predicted molar refractivity (Wildman–Crippen MR) is 93.3 cm³/mol. The van der Waals surface area contributed by atoms with Crippen LogP contribution in [0.25, 0.3) is 11.0 Å². The Morgan fingerprint density at radius 3 is 2.77 bits per heavy atom. The van der Waals surface area contributed by atoms with Crippen molar-refractivity contribution in [1.82, 2.24) is 14.9 Å². The average Bonchev–Trinajstić information content (AvgIpc) is 2.93. The highest BCUT2D eigenvalue weighted by Crippen LogP contribution is 2.27. The molecule has 1 aromatic heterocycles. The van der Waals surface area contributed by atoms with E-state index < -0.39 is 0 Å². The SMILES string of the molecule is CCC(CC)c1nc2ccccc2n1CCC1CCCCN1. The quantitative estimate of drug-likeness (QED) is 0.852. The molecule has 2 heterocycles. The van der Waals surface area contributed by atoms with Crippen molar-refractivity contribution >= 4 is 11.0 Å². The summed E-state index contributed by atoms with van der Waals surface area (Å²) in [7, 11) is 0. The zero-order valence-corrected chi connectivity index (χ0v) is 14.0. The third-order valence-electron chi connectivity index (χ3n) is 5.15. The second kappa shape index (κ2) is 7.28. The van der Waals surface area contributed by atoms with Crippen molar-refractivity contribution in [1.29, 1.82) is 0 Å². The first-order valence-electron chi connectivity index (χ1n) is 9.02. The fourth-order valence-electron chi connectivity index (χ4n) is 3.75. The number of imidazole rings is 1. The van der Waals surface area contributed by atoms with Gasteiger partial charge in [-0.05, 0) is 50.8 Å². The van der Waals surface area contributed by atoms with Crippen LogP contribution in [-0.4, -0.2) is 22.1 Å². The third kappa shape index (κ3) is 3.19. The van der Waals surface area contributed by atoms with Gasteiger partial charge in [0.05, 0.1) is 11.0 Å². The number of rotatable bonds is 6. The van der Waals surface area contributed by atoms with Gasteiger partial charge < -0.3 is 9.88 Å². The van der Waals surface area contributed by atoms with Crippen LogP contribution in [-0.2, 0) is 6.54 Å². The molecule has 1 saturated heterocycles. The van der Waals surface area contributed by atoms with E-state index in [4.69, 9.17) is 4.98 Å². The molecule has 1 N–H and O–H groups in total. The summed E-state index contributed by atoms with van der Waals surface area (Å²) in [6.45, 7) is 6.83. The number of nitrogens with zero attached hydrogens (tertiary/aromatic N) is 2. The van der Waals surface area contributed by atoms with Crippen LogP contribution < -0.4 is 5.32 Å². The smallest absolute Gasteiger partial charge is 0.112 e. The summed E-state index contributed by atoms with van der Waals surface area (Å²) < 4.78 is 2.49. The Morgan fingerprint density at radius 1 is 1.23 bits per heavy atom. The van der Waals surface area contributed by atoms with Crippen molar-refractivity contribution in [2.45, 2.75) is 70.9 Å². The van der Waals surface area contributed by atoms with Gasteiger partial charge in [0, 0.05) is 18.5 Å². The van der Waals surface area contributed by atoms with Crippen molar-refractivity contribution in [3.05, 3.63) is 30.1 Å². The van der Waals surface area contributed by atoms with Gasteiger partial charge >= 0.3 is 0 Å². The van der Waals surface area contributed by atoms with Crippen LogP contribution >= 0.6 is 0 Å². The van der Waals surface area contributed by atoms with Gasteiger partial charge in [0.25, 0.3) is 0 Å². The summed E-state index contributed by atoms with van der Waals surface area (Å²) in [6, 6.07) is 9.29. The minimum Gasteiger partial charge on any atom is -0.328 e. The lowest BCUT2D eigenvalue weighted by atomic mass is 10.0. The van der Waals surface area contributed by atoms with E-state index in [-0.39, 0.29) is 0 Å². The van der Waals surface area contributed by atoms with Gasteiger partial charge in [-0.15, -0.1) is 0 Å². The highest BCUT2D eigenvalue weighted by Gasteiger charge is 2.19. The molecule has 0 saturated carbocycles. The van der Waals surface area contributed by atoms with Crippen LogP contribution in [0.4, 0.5) is 0 Å². The molecule has 1 aliphatic rings. The van der Waals surface area contributed by atoms with E-state index >= 15 is 0 Å². The number of hydrogen-bond donors (Lipinski definition) is 1. The maximum absolute atomic E-state index is 4.96. The number of para-hydroxylation sites is 2. The molecule has 3 nitrogen and oxygen atoms in total. The fraction of sp³-hybridized carbons (Fsp3) is 0.632. The summed E-state index contributed by atoms with van der Waals surface area (Å²) in [5.41, 5.74) is 2.46. The highest BCUT2D eigenvalue weighted by molar-refractivity contribution is 5.76. The van der Waals surface area contributed by atoms with Crippen molar-refractivity contribution in [3.63, 3.8) is 0 Å². The monoisotopic (exact) mass is 299 g/mol. The molecular weight excluding hydrogens is 270 g/mol. The molecule has 120 valence electrons. The second-order valence-electron chi connectivity index (χ2n) is 6.56. The van der Waals surface area contributed by atoms with Gasteiger partial charge in [-0.25, -0.2) is 4.98 Å². The first-order chi connectivity index (χ1) is 10.8. The molecule has 2 aromatic rings. The lowest BCUT2D eigenvalue weighted by Crippen LogP contribution is -2.34. The van der Waals surface area contributed by atoms with E-state index in [1.807, 2.05) is 0 Å². The molecule has 1 atom stereocenters. The molecule has 1 unspecified atom stereocenters. The normalized spacial score (nSPS) is 19.1. The van der Waals surface area contributed by atoms with Crippen molar-refractivity contribution in [2.24, 2.45) is 0 Å². The summed E-state index contributed by atoms with van der Waals surface area (Å²) in [5.74, 6) is 1.87. The van der Waals surface area contributed by atoms with Crippen molar-refractivity contribution in [2.75, 3.05) is 6.54 Å². The lowest BCUT2D eigenvalue weighted by Gasteiger charge is -2.24. The van der Waals surface area contributed by atoms with E-state index in [1.54, 1.807) is 0 Å². The van der Waals surface area contributed by atoms with Crippen LogP contribution in [0.3, 0.4) is 0 Å². The molecule has 0 radical (unpaired) electrons. The zero-order chi connectivity index (χ0) is 15.4. The first kappa shape index (κ1) is 15.5. The van der Waals surface area contributed by atoms with Gasteiger partial charge in [-0.1, -0.05) is 32.4 Å². The standard InChI is InChI=1S/C19H29N3/c1-3-15(4-2)19-21-17-10-5-6-11-18(17)22(19)14-12-16-9-7-8-13-20-16/h5-6,10-11,15-16,20H,3-4,7-9,12-14H2,1-2H3. The summed E-state index contributed by atoms with van der Waals surface area (Å²) in [4.78, 5) is 4.96. The number of piperidine rings is 1. The molecule has 0 amide bonds. The average molecular weight is 299 g/mol. The van der Waals surface area contributed by atoms with Crippen molar-refractivity contribution in [3.8, 4) is 0 Å². The molecule has 0 bridgehead atoms. The maximum Gasteiger partial charge on any atom is 0.112 e. The highest BCUT2D eigenvalue weighted by atomic mass is 15.1. The van der Waals surface area contributed by atoms with Crippen LogP contribution in [0.1, 0.15) is 64.1 Å². The largest absolute Gasteiger partial charge is 0.328 e. The number of aromatic nitrogens is 2. The minimum atomic E-state index is 0.576. The Morgan fingerprint density at radius 2 is 2.05 bits per heavy atom. The first-order valence-corrected chi connectivity index (χ1v) is 9.02. The van der Waals surface area contributed by atoms with E-state index in [2.05, 4.69) is 48.0 Å². The minimum absolute atomic E-state index is 0.576. The number of aryl methyl sites for hydroxylation is 1. The summed E-state index contributed by atoms with van der Waals surface area (Å²) in [6.07, 6.45) is 7.59. The van der Waals surface area contributed by atoms with Gasteiger partial charge in [-0.2, -0.15) is 0 Å². The predicted octanol–water partition coefficient (Wildman–Crippen LogP) is 4.47. The molecule has 1 aromatic carbocycles. The van der Waals surface area contributed by atoms with Crippen LogP contribution in [0.5, 0.6) is 0 Å². The molecule has 3 rings (SSSR count). The number of hydrogen-bond acceptors (Lipinski definition) is 2. The summed E-state index contributed by atoms with van der Waals surface area (Å²) >= 11 is 0. The lowest BCUT2D eigenvalue weighted by molar-refractivity contribution is 0.364.